The van der Waals surface area contributed by atoms with Crippen LogP contribution >= 0.6 is 11.8 Å². The van der Waals surface area contributed by atoms with Gasteiger partial charge in [0.05, 0.1) is 13.2 Å². The molecule has 1 aromatic heterocycles. The van der Waals surface area contributed by atoms with Crippen LogP contribution in [0.25, 0.3) is 0 Å². The van der Waals surface area contributed by atoms with Crippen molar-refractivity contribution in [1.82, 2.24) is 14.9 Å². The van der Waals surface area contributed by atoms with Gasteiger partial charge in [-0.2, -0.15) is 0 Å². The molecule has 0 bridgehead atoms. The molecule has 0 saturated carbocycles. The van der Waals surface area contributed by atoms with Crippen LogP contribution in [0.15, 0.2) is 34.2 Å². The van der Waals surface area contributed by atoms with Crippen molar-refractivity contribution in [1.29, 1.82) is 0 Å². The second-order valence-corrected chi connectivity index (χ2v) is 7.59. The average molecular weight is 388 g/mol. The predicted molar refractivity (Wildman–Crippen MR) is 107 cm³/mol. The van der Waals surface area contributed by atoms with Crippen molar-refractivity contribution in [2.24, 2.45) is 0 Å². The molecule has 1 unspecified atom stereocenters. The van der Waals surface area contributed by atoms with Gasteiger partial charge >= 0.3 is 0 Å². The second kappa shape index (κ2) is 8.61. The number of aromatic nitrogens is 2. The molecule has 27 heavy (non-hydrogen) atoms. The number of nitrogens with zero attached hydrogens (tertiary/aromatic N) is 2. The van der Waals surface area contributed by atoms with E-state index in [0.717, 1.165) is 34.1 Å². The molecule has 0 radical (unpaired) electrons. The SMILES string of the molecule is CCc1c(C)nc2n(c1=O)C(CC(=O)NCCc1ccc(OC)cc1)CS2. The molecule has 1 atom stereocenters. The van der Waals surface area contributed by atoms with Crippen LogP contribution in [0.2, 0.25) is 0 Å². The Kier molecular flexibility index (Phi) is 6.21. The van der Waals surface area contributed by atoms with Gasteiger partial charge in [0.1, 0.15) is 5.75 Å². The molecule has 0 aliphatic carbocycles. The minimum Gasteiger partial charge on any atom is -0.497 e. The van der Waals surface area contributed by atoms with Crippen molar-refractivity contribution in [2.75, 3.05) is 19.4 Å². The molecular weight excluding hydrogens is 362 g/mol. The predicted octanol–water partition coefficient (Wildman–Crippen LogP) is 2.52. The van der Waals surface area contributed by atoms with Gasteiger partial charge in [-0.25, -0.2) is 4.98 Å². The largest absolute Gasteiger partial charge is 0.497 e. The lowest BCUT2D eigenvalue weighted by atomic mass is 10.1. The van der Waals surface area contributed by atoms with Crippen molar-refractivity contribution in [3.63, 3.8) is 0 Å². The zero-order valence-corrected chi connectivity index (χ0v) is 16.8. The first-order chi connectivity index (χ1) is 13.0. The maximum Gasteiger partial charge on any atom is 0.257 e. The highest BCUT2D eigenvalue weighted by Gasteiger charge is 2.28. The third-order valence-corrected chi connectivity index (χ3v) is 5.92. The number of fused-ring (bicyclic) bond motifs is 1. The fourth-order valence-corrected chi connectivity index (χ4v) is 4.48. The molecule has 1 aromatic carbocycles. The Hall–Kier alpha value is -2.28. The summed E-state index contributed by atoms with van der Waals surface area (Å²) in [6.45, 7) is 4.40. The molecular formula is C20H25N3O3S. The normalized spacial score (nSPS) is 15.4. The molecule has 3 rings (SSSR count). The molecule has 1 amide bonds. The topological polar surface area (TPSA) is 73.2 Å². The first-order valence-electron chi connectivity index (χ1n) is 9.18. The number of hydrogen-bond donors (Lipinski definition) is 1. The van der Waals surface area contributed by atoms with E-state index in [1.807, 2.05) is 38.1 Å². The Morgan fingerprint density at radius 3 is 2.78 bits per heavy atom. The summed E-state index contributed by atoms with van der Waals surface area (Å²) < 4.78 is 6.85. The van der Waals surface area contributed by atoms with Crippen LogP contribution in [0.3, 0.4) is 0 Å². The smallest absolute Gasteiger partial charge is 0.257 e. The minimum atomic E-state index is -0.128. The van der Waals surface area contributed by atoms with Gasteiger partial charge in [0.2, 0.25) is 5.91 Å². The third-order valence-electron chi connectivity index (χ3n) is 4.82. The molecule has 1 N–H and O–H groups in total. The Morgan fingerprint density at radius 1 is 1.37 bits per heavy atom. The zero-order chi connectivity index (χ0) is 19.4. The molecule has 6 nitrogen and oxygen atoms in total. The second-order valence-electron chi connectivity index (χ2n) is 6.60. The van der Waals surface area contributed by atoms with Crippen molar-refractivity contribution in [3.8, 4) is 5.75 Å². The van der Waals surface area contributed by atoms with E-state index >= 15 is 0 Å². The quantitative estimate of drug-likeness (QED) is 0.739. The number of aryl methyl sites for hydroxylation is 1. The van der Waals surface area contributed by atoms with Crippen LogP contribution in [0, 0.1) is 6.92 Å². The number of benzene rings is 1. The van der Waals surface area contributed by atoms with Gasteiger partial charge in [0.15, 0.2) is 5.16 Å². The number of ether oxygens (including phenoxy) is 1. The van der Waals surface area contributed by atoms with Gasteiger partial charge in [0, 0.05) is 30.0 Å². The van der Waals surface area contributed by atoms with E-state index in [0.29, 0.717) is 25.1 Å². The Bertz CT molecular complexity index is 877. The summed E-state index contributed by atoms with van der Waals surface area (Å²) >= 11 is 1.55. The fraction of sp³-hybridized carbons (Fsp3) is 0.450. The highest BCUT2D eigenvalue weighted by atomic mass is 32.2. The number of nitrogens with one attached hydrogen (secondary N) is 1. The monoisotopic (exact) mass is 387 g/mol. The molecule has 1 aliphatic rings. The maximum atomic E-state index is 12.7. The number of carbonyl (C=O) groups excluding carboxylic acids is 1. The lowest BCUT2D eigenvalue weighted by Crippen LogP contribution is -2.33. The number of amides is 1. The van der Waals surface area contributed by atoms with Crippen molar-refractivity contribution in [2.45, 2.75) is 44.3 Å². The highest BCUT2D eigenvalue weighted by molar-refractivity contribution is 7.99. The molecule has 7 heteroatoms. The standard InChI is InChI=1S/C20H25N3O3S/c1-4-17-13(2)22-20-23(19(17)25)15(12-27-20)11-18(24)21-10-9-14-5-7-16(26-3)8-6-14/h5-8,15H,4,9-12H2,1-3H3,(H,21,24). The number of hydrogen-bond acceptors (Lipinski definition) is 5. The first-order valence-corrected chi connectivity index (χ1v) is 10.2. The van der Waals surface area contributed by atoms with Crippen molar-refractivity contribution in [3.05, 3.63) is 51.4 Å². The summed E-state index contributed by atoms with van der Waals surface area (Å²) in [6.07, 6.45) is 1.71. The average Bonchev–Trinajstić information content (AvgIpc) is 3.05. The van der Waals surface area contributed by atoms with Gasteiger partial charge < -0.3 is 10.1 Å². The van der Waals surface area contributed by atoms with Crippen LogP contribution in [0.5, 0.6) is 5.75 Å². The van der Waals surface area contributed by atoms with E-state index in [1.165, 1.54) is 0 Å². The summed E-state index contributed by atoms with van der Waals surface area (Å²) in [5, 5.41) is 3.69. The molecule has 144 valence electrons. The van der Waals surface area contributed by atoms with Gasteiger partial charge in [-0.3, -0.25) is 14.2 Å². The molecule has 0 saturated heterocycles. The lowest BCUT2D eigenvalue weighted by molar-refractivity contribution is -0.121. The Labute approximate surface area is 163 Å². The summed E-state index contributed by atoms with van der Waals surface area (Å²) in [5.41, 5.74) is 2.68. The summed E-state index contributed by atoms with van der Waals surface area (Å²) in [6, 6.07) is 7.69. The number of thioether (sulfide) groups is 1. The molecule has 0 fully saturated rings. The van der Waals surface area contributed by atoms with Gasteiger partial charge in [-0.05, 0) is 37.5 Å². The fourth-order valence-electron chi connectivity index (χ4n) is 3.30. The van der Waals surface area contributed by atoms with Crippen LogP contribution in [-0.4, -0.2) is 34.9 Å². The highest BCUT2D eigenvalue weighted by Crippen LogP contribution is 2.32. The molecule has 0 spiro atoms. The van der Waals surface area contributed by atoms with Crippen molar-refractivity contribution < 1.29 is 9.53 Å². The van der Waals surface area contributed by atoms with E-state index in [4.69, 9.17) is 4.74 Å². The Morgan fingerprint density at radius 2 is 2.11 bits per heavy atom. The van der Waals surface area contributed by atoms with Crippen LogP contribution < -0.4 is 15.6 Å². The summed E-state index contributed by atoms with van der Waals surface area (Å²) in [4.78, 5) is 29.6. The summed E-state index contributed by atoms with van der Waals surface area (Å²) in [7, 11) is 1.64. The van der Waals surface area contributed by atoms with Crippen LogP contribution in [-0.2, 0) is 17.6 Å². The lowest BCUT2D eigenvalue weighted by Gasteiger charge is -2.15. The van der Waals surface area contributed by atoms with Gasteiger partial charge in [-0.1, -0.05) is 30.8 Å². The zero-order valence-electron chi connectivity index (χ0n) is 15.9. The molecule has 2 heterocycles. The number of methoxy groups -OCH3 is 1. The summed E-state index contributed by atoms with van der Waals surface area (Å²) in [5.74, 6) is 1.49. The van der Waals surface area contributed by atoms with Crippen molar-refractivity contribution >= 4 is 17.7 Å². The maximum absolute atomic E-state index is 12.7. The molecule has 2 aromatic rings. The molecule has 1 aliphatic heterocycles. The number of carbonyl (C=O) groups is 1. The van der Waals surface area contributed by atoms with E-state index in [2.05, 4.69) is 10.3 Å². The van der Waals surface area contributed by atoms with E-state index in [9.17, 15) is 9.59 Å². The van der Waals surface area contributed by atoms with Crippen LogP contribution in [0.4, 0.5) is 0 Å². The van der Waals surface area contributed by atoms with E-state index in [1.54, 1.807) is 23.4 Å². The van der Waals surface area contributed by atoms with Gasteiger partial charge in [-0.15, -0.1) is 0 Å². The first kappa shape index (κ1) is 19.5. The van der Waals surface area contributed by atoms with Crippen LogP contribution in [0.1, 0.15) is 36.2 Å². The van der Waals surface area contributed by atoms with E-state index in [-0.39, 0.29) is 17.5 Å². The number of rotatable bonds is 7. The van der Waals surface area contributed by atoms with E-state index < -0.39 is 0 Å². The van der Waals surface area contributed by atoms with Gasteiger partial charge in [0.25, 0.3) is 5.56 Å². The third kappa shape index (κ3) is 4.35. The minimum absolute atomic E-state index is 0.000956. The Balaban J connectivity index is 1.57.